The first-order valence-corrected chi connectivity index (χ1v) is 12.1. The van der Waals surface area contributed by atoms with Crippen LogP contribution in [0, 0.1) is 0 Å². The standard InChI is InChI=1S/C22H34N4OS.HI/c1-3-23-22(24-13-6-7-16-28-2)26-17-18(19-9-4-5-10-20(19)26)12-15-25-14-8-11-21(25)27;/h4-5,9-10,18H,3,6-8,11-17H2,1-2H3,(H,23,24);1H. The van der Waals surface area contributed by atoms with Crippen molar-refractivity contribution < 1.29 is 4.79 Å². The maximum absolute atomic E-state index is 12.0. The van der Waals surface area contributed by atoms with Gasteiger partial charge in [0.25, 0.3) is 0 Å². The predicted molar refractivity (Wildman–Crippen MR) is 136 cm³/mol. The number of benzene rings is 1. The number of guanidine groups is 1. The van der Waals surface area contributed by atoms with Gasteiger partial charge in [-0.3, -0.25) is 9.79 Å². The van der Waals surface area contributed by atoms with Crippen LogP contribution in [0.4, 0.5) is 5.69 Å². The zero-order valence-electron chi connectivity index (χ0n) is 17.7. The van der Waals surface area contributed by atoms with Gasteiger partial charge >= 0.3 is 0 Å². The number of hydrogen-bond acceptors (Lipinski definition) is 3. The van der Waals surface area contributed by atoms with E-state index in [-0.39, 0.29) is 24.0 Å². The molecule has 1 saturated heterocycles. The van der Waals surface area contributed by atoms with Gasteiger partial charge in [-0.05, 0) is 56.2 Å². The van der Waals surface area contributed by atoms with Gasteiger partial charge < -0.3 is 15.1 Å². The van der Waals surface area contributed by atoms with Gasteiger partial charge in [0, 0.05) is 50.7 Å². The zero-order valence-corrected chi connectivity index (χ0v) is 20.9. The molecule has 0 bridgehead atoms. The number of carbonyl (C=O) groups is 1. The fourth-order valence-corrected chi connectivity index (χ4v) is 4.63. The molecular formula is C22H35IN4OS. The maximum Gasteiger partial charge on any atom is 0.222 e. The number of nitrogens with one attached hydrogen (secondary N) is 1. The normalized spacial score (nSPS) is 18.8. The van der Waals surface area contributed by atoms with Gasteiger partial charge in [0.05, 0.1) is 0 Å². The SMILES string of the molecule is CCNC(=NCCCCSC)N1CC(CCN2CCCC2=O)c2ccccc21.I. The lowest BCUT2D eigenvalue weighted by atomic mass is 9.98. The summed E-state index contributed by atoms with van der Waals surface area (Å²) in [6, 6.07) is 8.69. The second kappa shape index (κ2) is 12.7. The van der Waals surface area contributed by atoms with Crippen molar-refractivity contribution in [1.82, 2.24) is 10.2 Å². The Kier molecular flexibility index (Phi) is 10.6. The van der Waals surface area contributed by atoms with Crippen molar-refractivity contribution in [1.29, 1.82) is 0 Å². The van der Waals surface area contributed by atoms with Gasteiger partial charge in [-0.2, -0.15) is 11.8 Å². The smallest absolute Gasteiger partial charge is 0.222 e. The van der Waals surface area contributed by atoms with Crippen LogP contribution >= 0.6 is 35.7 Å². The van der Waals surface area contributed by atoms with E-state index < -0.39 is 0 Å². The Balaban J connectivity index is 0.00000300. The van der Waals surface area contributed by atoms with Crippen LogP contribution in [-0.4, -0.2) is 61.5 Å². The molecule has 2 aliphatic rings. The van der Waals surface area contributed by atoms with E-state index in [4.69, 9.17) is 4.99 Å². The van der Waals surface area contributed by atoms with Crippen LogP contribution in [-0.2, 0) is 4.79 Å². The molecule has 1 fully saturated rings. The molecule has 0 saturated carbocycles. The number of halogens is 1. The summed E-state index contributed by atoms with van der Waals surface area (Å²) < 4.78 is 0. The number of aliphatic imine (C=N–C) groups is 1. The first kappa shape index (κ1) is 24.3. The average molecular weight is 531 g/mol. The molecule has 1 unspecified atom stereocenters. The minimum Gasteiger partial charge on any atom is -0.356 e. The topological polar surface area (TPSA) is 47.9 Å². The number of para-hydroxylation sites is 1. The molecule has 1 aromatic rings. The van der Waals surface area contributed by atoms with Crippen LogP contribution in [0.5, 0.6) is 0 Å². The Hall–Kier alpha value is -0.960. The molecule has 2 heterocycles. The average Bonchev–Trinajstić information content (AvgIpc) is 3.29. The summed E-state index contributed by atoms with van der Waals surface area (Å²) in [6.07, 6.45) is 7.26. The third-order valence-electron chi connectivity index (χ3n) is 5.60. The number of thioether (sulfide) groups is 1. The summed E-state index contributed by atoms with van der Waals surface area (Å²) in [5.74, 6) is 2.97. The van der Waals surface area contributed by atoms with E-state index in [1.165, 1.54) is 23.4 Å². The van der Waals surface area contributed by atoms with E-state index in [0.717, 1.165) is 64.4 Å². The first-order valence-electron chi connectivity index (χ1n) is 10.7. The molecule has 0 aliphatic carbocycles. The molecule has 1 atom stereocenters. The van der Waals surface area contributed by atoms with Gasteiger partial charge in [-0.15, -0.1) is 24.0 Å². The van der Waals surface area contributed by atoms with Crippen LogP contribution in [0.1, 0.15) is 50.5 Å². The fraction of sp³-hybridized carbons (Fsp3) is 0.636. The van der Waals surface area contributed by atoms with Gasteiger partial charge in [0.15, 0.2) is 5.96 Å². The zero-order chi connectivity index (χ0) is 19.8. The Morgan fingerprint density at radius 3 is 2.86 bits per heavy atom. The molecule has 1 amide bonds. The summed E-state index contributed by atoms with van der Waals surface area (Å²) in [4.78, 5) is 21.3. The highest BCUT2D eigenvalue weighted by molar-refractivity contribution is 14.0. The molecule has 0 radical (unpaired) electrons. The quantitative estimate of drug-likeness (QED) is 0.224. The number of nitrogens with zero attached hydrogens (tertiary/aromatic N) is 3. The van der Waals surface area contributed by atoms with E-state index in [2.05, 4.69) is 47.7 Å². The number of amides is 1. The number of carbonyl (C=O) groups excluding carboxylic acids is 1. The number of anilines is 1. The van der Waals surface area contributed by atoms with E-state index >= 15 is 0 Å². The van der Waals surface area contributed by atoms with Crippen molar-refractivity contribution in [3.63, 3.8) is 0 Å². The van der Waals surface area contributed by atoms with Crippen molar-refractivity contribution in [2.24, 2.45) is 4.99 Å². The van der Waals surface area contributed by atoms with Crippen molar-refractivity contribution in [2.45, 2.75) is 44.9 Å². The van der Waals surface area contributed by atoms with Crippen molar-refractivity contribution in [2.75, 3.05) is 49.6 Å². The number of unbranched alkanes of at least 4 members (excludes halogenated alkanes) is 1. The number of fused-ring (bicyclic) bond motifs is 1. The van der Waals surface area contributed by atoms with Gasteiger partial charge in [-0.1, -0.05) is 18.2 Å². The van der Waals surface area contributed by atoms with Crippen LogP contribution < -0.4 is 10.2 Å². The highest BCUT2D eigenvalue weighted by Gasteiger charge is 2.32. The summed E-state index contributed by atoms with van der Waals surface area (Å²) in [5, 5.41) is 3.49. The van der Waals surface area contributed by atoms with E-state index in [0.29, 0.717) is 11.8 Å². The number of likely N-dealkylation sites (tertiary alicyclic amines) is 1. The van der Waals surface area contributed by atoms with Crippen LogP contribution in [0.25, 0.3) is 0 Å². The third-order valence-corrected chi connectivity index (χ3v) is 6.29. The first-order chi connectivity index (χ1) is 13.7. The van der Waals surface area contributed by atoms with Crippen molar-refractivity contribution in [3.8, 4) is 0 Å². The van der Waals surface area contributed by atoms with E-state index in [1.807, 2.05) is 16.7 Å². The van der Waals surface area contributed by atoms with Gasteiger partial charge in [0.2, 0.25) is 5.91 Å². The van der Waals surface area contributed by atoms with Crippen molar-refractivity contribution in [3.05, 3.63) is 29.8 Å². The highest BCUT2D eigenvalue weighted by Crippen LogP contribution is 2.38. The molecule has 162 valence electrons. The Morgan fingerprint density at radius 1 is 1.31 bits per heavy atom. The van der Waals surface area contributed by atoms with E-state index in [1.54, 1.807) is 0 Å². The molecule has 7 heteroatoms. The van der Waals surface area contributed by atoms with Crippen molar-refractivity contribution >= 4 is 53.3 Å². The van der Waals surface area contributed by atoms with E-state index in [9.17, 15) is 4.79 Å². The maximum atomic E-state index is 12.0. The predicted octanol–water partition coefficient (Wildman–Crippen LogP) is 4.33. The molecule has 5 nitrogen and oxygen atoms in total. The lowest BCUT2D eigenvalue weighted by molar-refractivity contribution is -0.127. The van der Waals surface area contributed by atoms with Crippen LogP contribution in [0.15, 0.2) is 29.3 Å². The number of rotatable bonds is 9. The molecule has 1 N–H and O–H groups in total. The molecule has 3 rings (SSSR count). The fourth-order valence-electron chi connectivity index (χ4n) is 4.13. The molecular weight excluding hydrogens is 495 g/mol. The molecule has 0 aromatic heterocycles. The largest absolute Gasteiger partial charge is 0.356 e. The van der Waals surface area contributed by atoms with Crippen LogP contribution in [0.3, 0.4) is 0 Å². The summed E-state index contributed by atoms with van der Waals surface area (Å²) in [6.45, 7) is 6.61. The Bertz CT molecular complexity index is 685. The molecule has 0 spiro atoms. The summed E-state index contributed by atoms with van der Waals surface area (Å²) in [5.41, 5.74) is 2.66. The van der Waals surface area contributed by atoms with Gasteiger partial charge in [0.1, 0.15) is 0 Å². The number of hydrogen-bond donors (Lipinski definition) is 1. The van der Waals surface area contributed by atoms with Crippen LogP contribution in [0.2, 0.25) is 0 Å². The Morgan fingerprint density at radius 2 is 2.14 bits per heavy atom. The monoisotopic (exact) mass is 530 g/mol. The highest BCUT2D eigenvalue weighted by atomic mass is 127. The molecule has 29 heavy (non-hydrogen) atoms. The second-order valence-electron chi connectivity index (χ2n) is 7.57. The molecule has 1 aromatic carbocycles. The summed E-state index contributed by atoms with van der Waals surface area (Å²) in [7, 11) is 0. The third kappa shape index (κ3) is 6.51. The van der Waals surface area contributed by atoms with Gasteiger partial charge in [-0.25, -0.2) is 0 Å². The lowest BCUT2D eigenvalue weighted by Crippen LogP contribution is -2.41. The minimum absolute atomic E-state index is 0. The second-order valence-corrected chi connectivity index (χ2v) is 8.56. The summed E-state index contributed by atoms with van der Waals surface area (Å²) >= 11 is 1.90. The Labute approximate surface area is 197 Å². The lowest BCUT2D eigenvalue weighted by Gasteiger charge is -2.23. The minimum atomic E-state index is 0. The molecule has 2 aliphatic heterocycles.